The van der Waals surface area contributed by atoms with E-state index in [1.807, 2.05) is 18.2 Å². The van der Waals surface area contributed by atoms with Gasteiger partial charge in [0.15, 0.2) is 0 Å². The van der Waals surface area contributed by atoms with Crippen LogP contribution < -0.4 is 15.5 Å². The Kier molecular flexibility index (Phi) is 5.78. The Bertz CT molecular complexity index is 398. The quantitative estimate of drug-likeness (QED) is 0.877. The first-order valence-corrected chi connectivity index (χ1v) is 6.16. The van der Waals surface area contributed by atoms with Gasteiger partial charge in [-0.1, -0.05) is 19.1 Å². The lowest BCUT2D eigenvalue weighted by atomic mass is 10.2. The molecule has 2 N–H and O–H groups in total. The van der Waals surface area contributed by atoms with E-state index in [4.69, 9.17) is 0 Å². The molecule has 0 radical (unpaired) electrons. The Morgan fingerprint density at radius 2 is 2.22 bits per heavy atom. The highest BCUT2D eigenvalue weighted by atomic mass is 35.5. The van der Waals surface area contributed by atoms with Gasteiger partial charge in [0.2, 0.25) is 5.91 Å². The maximum atomic E-state index is 11.7. The smallest absolute Gasteiger partial charge is 0.239 e. The van der Waals surface area contributed by atoms with Gasteiger partial charge in [-0.05, 0) is 18.6 Å². The number of para-hydroxylation sites is 2. The monoisotopic (exact) mass is 269 g/mol. The largest absolute Gasteiger partial charge is 0.382 e. The zero-order valence-electron chi connectivity index (χ0n) is 10.6. The Balaban J connectivity index is 0.00000162. The zero-order chi connectivity index (χ0) is 12.1. The number of rotatable bonds is 4. The van der Waals surface area contributed by atoms with Gasteiger partial charge in [0.25, 0.3) is 0 Å². The van der Waals surface area contributed by atoms with E-state index in [0.29, 0.717) is 6.54 Å². The fourth-order valence-electron chi connectivity index (χ4n) is 2.00. The minimum atomic E-state index is 0. The van der Waals surface area contributed by atoms with Gasteiger partial charge in [0, 0.05) is 19.6 Å². The summed E-state index contributed by atoms with van der Waals surface area (Å²) in [5.41, 5.74) is 2.23. The molecule has 1 amide bonds. The van der Waals surface area contributed by atoms with E-state index >= 15 is 0 Å². The third kappa shape index (κ3) is 3.53. The lowest BCUT2D eigenvalue weighted by Crippen LogP contribution is -2.42. The standard InChI is InChI=1S/C13H19N3O.ClH/c1-2-7-15-13(17)10-16-9-8-14-11-5-3-4-6-12(11)16;/h3-6,14H,2,7-10H2,1H3,(H,15,17);1H. The van der Waals surface area contributed by atoms with Gasteiger partial charge in [-0.2, -0.15) is 0 Å². The van der Waals surface area contributed by atoms with Crippen molar-refractivity contribution in [2.45, 2.75) is 13.3 Å². The van der Waals surface area contributed by atoms with Crippen molar-refractivity contribution in [1.29, 1.82) is 0 Å². The van der Waals surface area contributed by atoms with Gasteiger partial charge in [0.05, 0.1) is 17.9 Å². The van der Waals surface area contributed by atoms with E-state index in [9.17, 15) is 4.79 Å². The highest BCUT2D eigenvalue weighted by Gasteiger charge is 2.17. The van der Waals surface area contributed by atoms with Crippen LogP contribution in [0.2, 0.25) is 0 Å². The second kappa shape index (κ2) is 7.11. The van der Waals surface area contributed by atoms with Crippen molar-refractivity contribution >= 4 is 29.7 Å². The molecule has 1 aromatic carbocycles. The summed E-state index contributed by atoms with van der Waals surface area (Å²) in [6.07, 6.45) is 0.976. The molecule has 2 rings (SSSR count). The fourth-order valence-corrected chi connectivity index (χ4v) is 2.00. The van der Waals surface area contributed by atoms with Gasteiger partial charge >= 0.3 is 0 Å². The Hall–Kier alpha value is -1.42. The van der Waals surface area contributed by atoms with E-state index in [0.717, 1.165) is 37.4 Å². The van der Waals surface area contributed by atoms with Crippen LogP contribution in [0.25, 0.3) is 0 Å². The third-order valence-electron chi connectivity index (χ3n) is 2.85. The summed E-state index contributed by atoms with van der Waals surface area (Å²) < 4.78 is 0. The van der Waals surface area contributed by atoms with Crippen LogP contribution in [0.1, 0.15) is 13.3 Å². The van der Waals surface area contributed by atoms with Crippen LogP contribution in [0.3, 0.4) is 0 Å². The molecule has 0 fully saturated rings. The summed E-state index contributed by atoms with van der Waals surface area (Å²) in [5.74, 6) is 0.101. The average molecular weight is 270 g/mol. The van der Waals surface area contributed by atoms with Gasteiger partial charge in [-0.15, -0.1) is 12.4 Å². The summed E-state index contributed by atoms with van der Waals surface area (Å²) in [6, 6.07) is 8.11. The van der Waals surface area contributed by atoms with Crippen LogP contribution in [-0.2, 0) is 4.79 Å². The molecular weight excluding hydrogens is 250 g/mol. The van der Waals surface area contributed by atoms with Gasteiger partial charge in [-0.25, -0.2) is 0 Å². The number of anilines is 2. The Morgan fingerprint density at radius 1 is 1.44 bits per heavy atom. The average Bonchev–Trinajstić information content (AvgIpc) is 2.37. The van der Waals surface area contributed by atoms with Crippen molar-refractivity contribution in [2.75, 3.05) is 36.4 Å². The van der Waals surface area contributed by atoms with Crippen molar-refractivity contribution < 1.29 is 4.79 Å². The molecule has 1 heterocycles. The Labute approximate surface area is 114 Å². The molecule has 1 aromatic rings. The number of nitrogens with zero attached hydrogens (tertiary/aromatic N) is 1. The van der Waals surface area contributed by atoms with E-state index < -0.39 is 0 Å². The molecule has 0 saturated heterocycles. The maximum absolute atomic E-state index is 11.7. The van der Waals surface area contributed by atoms with E-state index in [1.54, 1.807) is 0 Å². The number of nitrogens with one attached hydrogen (secondary N) is 2. The second-order valence-electron chi connectivity index (χ2n) is 4.22. The molecule has 4 nitrogen and oxygen atoms in total. The molecule has 0 atom stereocenters. The molecule has 18 heavy (non-hydrogen) atoms. The van der Waals surface area contributed by atoms with E-state index in [-0.39, 0.29) is 18.3 Å². The molecule has 0 bridgehead atoms. The van der Waals surface area contributed by atoms with Crippen LogP contribution in [0.4, 0.5) is 11.4 Å². The highest BCUT2D eigenvalue weighted by molar-refractivity contribution is 5.85. The summed E-state index contributed by atoms with van der Waals surface area (Å²) in [6.45, 7) is 5.01. The van der Waals surface area contributed by atoms with Crippen LogP contribution in [0, 0.1) is 0 Å². The maximum Gasteiger partial charge on any atom is 0.239 e. The van der Waals surface area contributed by atoms with Gasteiger partial charge in [0.1, 0.15) is 0 Å². The number of carbonyl (C=O) groups excluding carboxylic acids is 1. The van der Waals surface area contributed by atoms with Crippen molar-refractivity contribution in [3.63, 3.8) is 0 Å². The number of carbonyl (C=O) groups is 1. The minimum Gasteiger partial charge on any atom is -0.382 e. The van der Waals surface area contributed by atoms with Crippen LogP contribution in [0.15, 0.2) is 24.3 Å². The lowest BCUT2D eigenvalue weighted by molar-refractivity contribution is -0.119. The first kappa shape index (κ1) is 14.6. The second-order valence-corrected chi connectivity index (χ2v) is 4.22. The number of halogens is 1. The number of fused-ring (bicyclic) bond motifs is 1. The first-order chi connectivity index (χ1) is 8.31. The van der Waals surface area contributed by atoms with E-state index in [2.05, 4.69) is 28.5 Å². The summed E-state index contributed by atoms with van der Waals surface area (Å²) in [7, 11) is 0. The third-order valence-corrected chi connectivity index (χ3v) is 2.85. The molecule has 1 aliphatic rings. The fraction of sp³-hybridized carbons (Fsp3) is 0.462. The SMILES string of the molecule is CCCNC(=O)CN1CCNc2ccccc21.Cl. The molecular formula is C13H20ClN3O. The highest BCUT2D eigenvalue weighted by Crippen LogP contribution is 2.27. The molecule has 0 spiro atoms. The van der Waals surface area contributed by atoms with Gasteiger partial charge in [-0.3, -0.25) is 4.79 Å². The van der Waals surface area contributed by atoms with Crippen molar-refractivity contribution in [3.05, 3.63) is 24.3 Å². The predicted octanol–water partition coefficient (Wildman–Crippen LogP) is 1.87. The summed E-state index contributed by atoms with van der Waals surface area (Å²) in [5, 5.41) is 6.25. The van der Waals surface area contributed by atoms with E-state index in [1.165, 1.54) is 0 Å². The topological polar surface area (TPSA) is 44.4 Å². The zero-order valence-corrected chi connectivity index (χ0v) is 11.4. The van der Waals surface area contributed by atoms with Crippen LogP contribution >= 0.6 is 12.4 Å². The van der Waals surface area contributed by atoms with Gasteiger partial charge < -0.3 is 15.5 Å². The van der Waals surface area contributed by atoms with Crippen molar-refractivity contribution in [1.82, 2.24) is 5.32 Å². The number of hydrogen-bond donors (Lipinski definition) is 2. The first-order valence-electron chi connectivity index (χ1n) is 6.16. The molecule has 1 aliphatic heterocycles. The van der Waals surface area contributed by atoms with Crippen LogP contribution in [-0.4, -0.2) is 32.1 Å². The number of hydrogen-bond acceptors (Lipinski definition) is 3. The molecule has 0 saturated carbocycles. The summed E-state index contributed by atoms with van der Waals surface area (Å²) in [4.78, 5) is 13.8. The Morgan fingerprint density at radius 3 is 3.00 bits per heavy atom. The molecule has 5 heteroatoms. The number of benzene rings is 1. The van der Waals surface area contributed by atoms with Crippen molar-refractivity contribution in [2.24, 2.45) is 0 Å². The predicted molar refractivity (Wildman–Crippen MR) is 77.7 cm³/mol. The van der Waals surface area contributed by atoms with Crippen LogP contribution in [0.5, 0.6) is 0 Å². The lowest BCUT2D eigenvalue weighted by Gasteiger charge is -2.31. The molecule has 100 valence electrons. The van der Waals surface area contributed by atoms with Crippen molar-refractivity contribution in [3.8, 4) is 0 Å². The molecule has 0 aliphatic carbocycles. The minimum absolute atomic E-state index is 0. The molecule has 0 aromatic heterocycles. The summed E-state index contributed by atoms with van der Waals surface area (Å²) >= 11 is 0. The number of amides is 1. The molecule has 0 unspecified atom stereocenters. The normalized spacial score (nSPS) is 13.1.